The predicted molar refractivity (Wildman–Crippen MR) is 74.6 cm³/mol. The fourth-order valence-corrected chi connectivity index (χ4v) is 3.16. The molecule has 4 heteroatoms. The summed E-state index contributed by atoms with van der Waals surface area (Å²) < 4.78 is 38.7. The number of benzene rings is 1. The second-order valence-electron chi connectivity index (χ2n) is 6.29. The quantitative estimate of drug-likeness (QED) is 0.861. The molecular weight excluding hydrogens is 263 g/mol. The molecule has 0 bridgehead atoms. The molecule has 2 N–H and O–H groups in total. The van der Waals surface area contributed by atoms with Crippen LogP contribution in [-0.2, 0) is 6.42 Å². The molecule has 1 aromatic rings. The molecule has 0 aliphatic heterocycles. The molecule has 2 atom stereocenters. The molecule has 20 heavy (non-hydrogen) atoms. The van der Waals surface area contributed by atoms with Gasteiger partial charge >= 0.3 is 6.18 Å². The van der Waals surface area contributed by atoms with Crippen LogP contribution in [0.1, 0.15) is 42.4 Å². The van der Waals surface area contributed by atoms with Gasteiger partial charge in [-0.3, -0.25) is 0 Å². The molecule has 2 unspecified atom stereocenters. The molecule has 1 aromatic carbocycles. The standard InChI is InChI=1S/C16H22F3N/c1-11-5-6-13(8-12(11)2)9-15(20)7-3-4-14(10-15)16(17,18)19/h5-6,8,14H,3-4,7,9-10,20H2,1-2H3. The lowest BCUT2D eigenvalue weighted by atomic mass is 9.73. The van der Waals surface area contributed by atoms with E-state index >= 15 is 0 Å². The van der Waals surface area contributed by atoms with Crippen LogP contribution < -0.4 is 5.73 Å². The fraction of sp³-hybridized carbons (Fsp3) is 0.625. The zero-order valence-electron chi connectivity index (χ0n) is 12.1. The van der Waals surface area contributed by atoms with Gasteiger partial charge in [0.25, 0.3) is 0 Å². The number of hydrogen-bond donors (Lipinski definition) is 1. The van der Waals surface area contributed by atoms with Gasteiger partial charge in [0.2, 0.25) is 0 Å². The zero-order valence-corrected chi connectivity index (χ0v) is 12.1. The Kier molecular flexibility index (Phi) is 4.14. The van der Waals surface area contributed by atoms with Crippen LogP contribution in [0.15, 0.2) is 18.2 Å². The van der Waals surface area contributed by atoms with Gasteiger partial charge in [0.15, 0.2) is 0 Å². The van der Waals surface area contributed by atoms with Gasteiger partial charge in [-0.2, -0.15) is 13.2 Å². The molecule has 0 saturated heterocycles. The van der Waals surface area contributed by atoms with Crippen molar-refractivity contribution in [1.82, 2.24) is 0 Å². The van der Waals surface area contributed by atoms with Crippen LogP contribution in [0.2, 0.25) is 0 Å². The lowest BCUT2D eigenvalue weighted by Gasteiger charge is -2.39. The van der Waals surface area contributed by atoms with Crippen LogP contribution in [0.3, 0.4) is 0 Å². The molecule has 1 saturated carbocycles. The van der Waals surface area contributed by atoms with E-state index in [0.717, 1.165) is 11.1 Å². The lowest BCUT2D eigenvalue weighted by molar-refractivity contribution is -0.187. The van der Waals surface area contributed by atoms with E-state index in [0.29, 0.717) is 19.3 Å². The van der Waals surface area contributed by atoms with E-state index in [4.69, 9.17) is 5.73 Å². The van der Waals surface area contributed by atoms with E-state index in [1.807, 2.05) is 32.0 Å². The third-order valence-corrected chi connectivity index (χ3v) is 4.47. The summed E-state index contributed by atoms with van der Waals surface area (Å²) in [6.45, 7) is 4.04. The minimum atomic E-state index is -4.12. The summed E-state index contributed by atoms with van der Waals surface area (Å²) in [5, 5.41) is 0. The van der Waals surface area contributed by atoms with Gasteiger partial charge < -0.3 is 5.73 Å². The molecular formula is C16H22F3N. The van der Waals surface area contributed by atoms with Crippen molar-refractivity contribution < 1.29 is 13.2 Å². The molecule has 112 valence electrons. The Balaban J connectivity index is 2.12. The van der Waals surface area contributed by atoms with Gasteiger partial charge in [-0.1, -0.05) is 24.6 Å². The van der Waals surface area contributed by atoms with Gasteiger partial charge in [0.1, 0.15) is 0 Å². The molecule has 2 rings (SSSR count). The molecule has 0 aromatic heterocycles. The highest BCUT2D eigenvalue weighted by Crippen LogP contribution is 2.41. The SMILES string of the molecule is Cc1ccc(CC2(N)CCCC(C(F)(F)F)C2)cc1C. The second kappa shape index (κ2) is 5.40. The summed E-state index contributed by atoms with van der Waals surface area (Å²) in [6, 6.07) is 6.04. The highest BCUT2D eigenvalue weighted by molar-refractivity contribution is 5.31. The first-order valence-corrected chi connectivity index (χ1v) is 7.11. The Labute approximate surface area is 118 Å². The summed E-state index contributed by atoms with van der Waals surface area (Å²) in [4.78, 5) is 0. The van der Waals surface area contributed by atoms with Crippen LogP contribution in [0.5, 0.6) is 0 Å². The predicted octanol–water partition coefficient (Wildman–Crippen LogP) is 4.30. The Bertz CT molecular complexity index is 481. The molecule has 0 heterocycles. The molecule has 1 aliphatic rings. The maximum Gasteiger partial charge on any atom is 0.391 e. The topological polar surface area (TPSA) is 26.0 Å². The average molecular weight is 285 g/mol. The number of nitrogens with two attached hydrogens (primary N) is 1. The van der Waals surface area contributed by atoms with Crippen LogP contribution in [0.25, 0.3) is 0 Å². The third-order valence-electron chi connectivity index (χ3n) is 4.47. The second-order valence-corrected chi connectivity index (χ2v) is 6.29. The lowest BCUT2D eigenvalue weighted by Crippen LogP contribution is -2.48. The minimum Gasteiger partial charge on any atom is -0.325 e. The average Bonchev–Trinajstić information content (AvgIpc) is 2.32. The summed E-state index contributed by atoms with van der Waals surface area (Å²) >= 11 is 0. The van der Waals surface area contributed by atoms with Crippen molar-refractivity contribution in [2.45, 2.75) is 57.7 Å². The first kappa shape index (κ1) is 15.4. The third kappa shape index (κ3) is 3.54. The van der Waals surface area contributed by atoms with Crippen molar-refractivity contribution in [3.05, 3.63) is 34.9 Å². The summed E-state index contributed by atoms with van der Waals surface area (Å²) in [7, 11) is 0. The number of alkyl halides is 3. The smallest absolute Gasteiger partial charge is 0.325 e. The first-order chi connectivity index (χ1) is 9.20. The van der Waals surface area contributed by atoms with Gasteiger partial charge in [0.05, 0.1) is 5.92 Å². The van der Waals surface area contributed by atoms with Crippen molar-refractivity contribution >= 4 is 0 Å². The van der Waals surface area contributed by atoms with Crippen molar-refractivity contribution in [1.29, 1.82) is 0 Å². The van der Waals surface area contributed by atoms with E-state index in [9.17, 15) is 13.2 Å². The van der Waals surface area contributed by atoms with Gasteiger partial charge in [0, 0.05) is 5.54 Å². The largest absolute Gasteiger partial charge is 0.391 e. The van der Waals surface area contributed by atoms with Crippen LogP contribution >= 0.6 is 0 Å². The molecule has 0 radical (unpaired) electrons. The molecule has 0 amide bonds. The fourth-order valence-electron chi connectivity index (χ4n) is 3.16. The highest BCUT2D eigenvalue weighted by Gasteiger charge is 2.46. The highest BCUT2D eigenvalue weighted by atomic mass is 19.4. The summed E-state index contributed by atoms with van der Waals surface area (Å²) in [5.74, 6) is -1.24. The van der Waals surface area contributed by atoms with Crippen LogP contribution in [-0.4, -0.2) is 11.7 Å². The monoisotopic (exact) mass is 285 g/mol. The Hall–Kier alpha value is -1.03. The first-order valence-electron chi connectivity index (χ1n) is 7.11. The van der Waals surface area contributed by atoms with E-state index in [1.54, 1.807) is 0 Å². The molecule has 1 fully saturated rings. The van der Waals surface area contributed by atoms with Crippen molar-refractivity contribution in [3.63, 3.8) is 0 Å². The van der Waals surface area contributed by atoms with E-state index in [-0.39, 0.29) is 12.8 Å². The van der Waals surface area contributed by atoms with Gasteiger partial charge in [-0.25, -0.2) is 0 Å². The van der Waals surface area contributed by atoms with E-state index in [1.165, 1.54) is 5.56 Å². The number of hydrogen-bond acceptors (Lipinski definition) is 1. The molecule has 1 aliphatic carbocycles. The maximum atomic E-state index is 12.9. The molecule has 1 nitrogen and oxygen atoms in total. The molecule has 0 spiro atoms. The van der Waals surface area contributed by atoms with Crippen molar-refractivity contribution in [3.8, 4) is 0 Å². The van der Waals surface area contributed by atoms with Gasteiger partial charge in [-0.15, -0.1) is 0 Å². The Morgan fingerprint density at radius 1 is 1.25 bits per heavy atom. The normalized spacial score (nSPS) is 27.6. The Morgan fingerprint density at radius 2 is 1.95 bits per heavy atom. The van der Waals surface area contributed by atoms with Crippen molar-refractivity contribution in [2.75, 3.05) is 0 Å². The van der Waals surface area contributed by atoms with Crippen LogP contribution in [0.4, 0.5) is 13.2 Å². The maximum absolute atomic E-state index is 12.9. The number of halogens is 3. The van der Waals surface area contributed by atoms with E-state index < -0.39 is 17.6 Å². The Morgan fingerprint density at radius 3 is 2.55 bits per heavy atom. The number of rotatable bonds is 2. The van der Waals surface area contributed by atoms with Gasteiger partial charge in [-0.05, 0) is 56.2 Å². The van der Waals surface area contributed by atoms with Crippen LogP contribution in [0, 0.1) is 19.8 Å². The zero-order chi connectivity index (χ0) is 15.0. The number of aryl methyl sites for hydroxylation is 2. The summed E-state index contributed by atoms with van der Waals surface area (Å²) in [6.07, 6.45) is -2.09. The van der Waals surface area contributed by atoms with E-state index in [2.05, 4.69) is 0 Å². The summed E-state index contributed by atoms with van der Waals surface area (Å²) in [5.41, 5.74) is 8.94. The van der Waals surface area contributed by atoms with Crippen molar-refractivity contribution in [2.24, 2.45) is 11.7 Å². The minimum absolute atomic E-state index is 0.0451.